The van der Waals surface area contributed by atoms with Crippen LogP contribution in [0.4, 0.5) is 4.39 Å². The van der Waals surface area contributed by atoms with Crippen molar-refractivity contribution in [3.8, 4) is 5.75 Å². The molecule has 0 radical (unpaired) electrons. The third-order valence-corrected chi connectivity index (χ3v) is 3.70. The van der Waals surface area contributed by atoms with Crippen molar-refractivity contribution in [2.45, 2.75) is 6.04 Å². The van der Waals surface area contributed by atoms with Crippen LogP contribution in [0.1, 0.15) is 22.0 Å². The highest BCUT2D eigenvalue weighted by molar-refractivity contribution is 5.94. The molecule has 5 heteroatoms. The number of methoxy groups -OCH3 is 1. The Morgan fingerprint density at radius 3 is 2.39 bits per heavy atom. The second kappa shape index (κ2) is 7.74. The van der Waals surface area contributed by atoms with E-state index in [1.54, 1.807) is 19.2 Å². The Bertz CT molecular complexity index is 656. The van der Waals surface area contributed by atoms with Crippen LogP contribution in [0, 0.1) is 5.82 Å². The normalized spacial score (nSPS) is 12.0. The van der Waals surface area contributed by atoms with Crippen LogP contribution >= 0.6 is 0 Å². The van der Waals surface area contributed by atoms with Gasteiger partial charge >= 0.3 is 0 Å². The van der Waals surface area contributed by atoms with Gasteiger partial charge in [0.25, 0.3) is 5.91 Å². The molecule has 0 aliphatic rings. The molecule has 4 nitrogen and oxygen atoms in total. The average Bonchev–Trinajstić information content (AvgIpc) is 2.55. The van der Waals surface area contributed by atoms with Gasteiger partial charge in [-0.1, -0.05) is 24.3 Å². The van der Waals surface area contributed by atoms with Crippen molar-refractivity contribution in [3.05, 3.63) is 65.5 Å². The molecule has 0 fully saturated rings. The fourth-order valence-electron chi connectivity index (χ4n) is 2.35. The number of carbonyl (C=O) groups excluding carboxylic acids is 1. The van der Waals surface area contributed by atoms with Gasteiger partial charge in [-0.3, -0.25) is 4.79 Å². The van der Waals surface area contributed by atoms with Gasteiger partial charge in [0.05, 0.1) is 18.7 Å². The Labute approximate surface area is 135 Å². The topological polar surface area (TPSA) is 41.6 Å². The number of halogens is 1. The van der Waals surface area contributed by atoms with Crippen molar-refractivity contribution in [3.63, 3.8) is 0 Å². The highest BCUT2D eigenvalue weighted by Crippen LogP contribution is 2.21. The molecular weight excluding hydrogens is 295 g/mol. The van der Waals surface area contributed by atoms with E-state index in [1.807, 2.05) is 43.3 Å². The molecule has 23 heavy (non-hydrogen) atoms. The maximum Gasteiger partial charge on any atom is 0.254 e. The van der Waals surface area contributed by atoms with E-state index in [-0.39, 0.29) is 11.6 Å². The van der Waals surface area contributed by atoms with Crippen molar-refractivity contribution in [1.82, 2.24) is 10.2 Å². The monoisotopic (exact) mass is 316 g/mol. The molecule has 2 aromatic carbocycles. The molecule has 2 rings (SSSR count). The van der Waals surface area contributed by atoms with Crippen LogP contribution in [-0.2, 0) is 0 Å². The Balaban J connectivity index is 2.08. The second-order valence-corrected chi connectivity index (χ2v) is 5.44. The lowest BCUT2D eigenvalue weighted by atomic mass is 10.1. The van der Waals surface area contributed by atoms with E-state index >= 15 is 0 Å². The lowest BCUT2D eigenvalue weighted by Gasteiger charge is -2.25. The number of nitrogens with zero attached hydrogens (tertiary/aromatic N) is 1. The highest BCUT2D eigenvalue weighted by atomic mass is 19.1. The SMILES string of the molecule is COc1ccc(C(CNC(=O)c2ccccc2F)N(C)C)cc1. The molecule has 0 aliphatic heterocycles. The van der Waals surface area contributed by atoms with E-state index in [4.69, 9.17) is 4.74 Å². The van der Waals surface area contributed by atoms with Crippen molar-refractivity contribution in [2.24, 2.45) is 0 Å². The van der Waals surface area contributed by atoms with Gasteiger partial charge in [-0.2, -0.15) is 0 Å². The summed E-state index contributed by atoms with van der Waals surface area (Å²) in [5.41, 5.74) is 1.10. The van der Waals surface area contributed by atoms with E-state index in [2.05, 4.69) is 5.32 Å². The molecule has 1 unspecified atom stereocenters. The van der Waals surface area contributed by atoms with Crippen LogP contribution in [0.25, 0.3) is 0 Å². The summed E-state index contributed by atoms with van der Waals surface area (Å²) in [5, 5.41) is 2.80. The summed E-state index contributed by atoms with van der Waals surface area (Å²) in [6.45, 7) is 0.381. The number of likely N-dealkylation sites (N-methyl/N-ethyl adjacent to an activating group) is 1. The molecule has 0 aliphatic carbocycles. The van der Waals surface area contributed by atoms with Gasteiger partial charge in [0, 0.05) is 6.54 Å². The third kappa shape index (κ3) is 4.29. The van der Waals surface area contributed by atoms with E-state index in [0.717, 1.165) is 11.3 Å². The number of hydrogen-bond donors (Lipinski definition) is 1. The molecule has 1 atom stereocenters. The molecular formula is C18H21FN2O2. The number of hydrogen-bond acceptors (Lipinski definition) is 3. The summed E-state index contributed by atoms with van der Waals surface area (Å²) >= 11 is 0. The Kier molecular flexibility index (Phi) is 5.71. The number of benzene rings is 2. The smallest absolute Gasteiger partial charge is 0.254 e. The minimum Gasteiger partial charge on any atom is -0.497 e. The number of carbonyl (C=O) groups is 1. The predicted octanol–water partition coefficient (Wildman–Crippen LogP) is 2.87. The summed E-state index contributed by atoms with van der Waals surface area (Å²) in [7, 11) is 5.49. The number of ether oxygens (including phenoxy) is 1. The lowest BCUT2D eigenvalue weighted by molar-refractivity contribution is 0.0938. The molecule has 1 N–H and O–H groups in total. The first kappa shape index (κ1) is 17.0. The van der Waals surface area contributed by atoms with E-state index in [1.165, 1.54) is 12.1 Å². The first-order valence-electron chi connectivity index (χ1n) is 7.36. The van der Waals surface area contributed by atoms with Crippen molar-refractivity contribution in [2.75, 3.05) is 27.7 Å². The lowest BCUT2D eigenvalue weighted by Crippen LogP contribution is -2.34. The number of amides is 1. The summed E-state index contributed by atoms with van der Waals surface area (Å²) < 4.78 is 18.8. The average molecular weight is 316 g/mol. The zero-order chi connectivity index (χ0) is 16.8. The van der Waals surface area contributed by atoms with Crippen molar-refractivity contribution >= 4 is 5.91 Å². The van der Waals surface area contributed by atoms with Crippen molar-refractivity contribution in [1.29, 1.82) is 0 Å². The molecule has 0 saturated carbocycles. The van der Waals surface area contributed by atoms with Crippen LogP contribution in [-0.4, -0.2) is 38.6 Å². The second-order valence-electron chi connectivity index (χ2n) is 5.44. The van der Waals surface area contributed by atoms with E-state index in [0.29, 0.717) is 6.54 Å². The minimum absolute atomic E-state index is 0.0170. The van der Waals surface area contributed by atoms with Gasteiger partial charge in [0.15, 0.2) is 0 Å². The molecule has 0 saturated heterocycles. The molecule has 1 amide bonds. The van der Waals surface area contributed by atoms with Crippen LogP contribution in [0.5, 0.6) is 5.75 Å². The maximum absolute atomic E-state index is 13.6. The molecule has 2 aromatic rings. The van der Waals surface area contributed by atoms with Gasteiger partial charge in [0.1, 0.15) is 11.6 Å². The third-order valence-electron chi connectivity index (χ3n) is 3.70. The Hall–Kier alpha value is -2.40. The van der Waals surface area contributed by atoms with Gasteiger partial charge in [0.2, 0.25) is 0 Å². The Morgan fingerprint density at radius 2 is 1.83 bits per heavy atom. The molecule has 122 valence electrons. The van der Waals surface area contributed by atoms with Crippen LogP contribution in [0.15, 0.2) is 48.5 Å². The quantitative estimate of drug-likeness (QED) is 0.891. The first-order chi connectivity index (χ1) is 11.0. The summed E-state index contributed by atoms with van der Waals surface area (Å²) in [6.07, 6.45) is 0. The summed E-state index contributed by atoms with van der Waals surface area (Å²) in [4.78, 5) is 14.1. The standard InChI is InChI=1S/C18H21FN2O2/c1-21(2)17(13-8-10-14(23-3)11-9-13)12-20-18(22)15-6-4-5-7-16(15)19/h4-11,17H,12H2,1-3H3,(H,20,22). The Morgan fingerprint density at radius 1 is 1.17 bits per heavy atom. The minimum atomic E-state index is -0.518. The number of rotatable bonds is 6. The zero-order valence-electron chi connectivity index (χ0n) is 13.5. The maximum atomic E-state index is 13.6. The molecule has 0 spiro atoms. The van der Waals surface area contributed by atoms with Crippen LogP contribution in [0.2, 0.25) is 0 Å². The van der Waals surface area contributed by atoms with Gasteiger partial charge in [-0.05, 0) is 43.9 Å². The fourth-order valence-corrected chi connectivity index (χ4v) is 2.35. The van der Waals surface area contributed by atoms with Gasteiger partial charge in [-0.25, -0.2) is 4.39 Å². The van der Waals surface area contributed by atoms with Crippen molar-refractivity contribution < 1.29 is 13.9 Å². The van der Waals surface area contributed by atoms with Gasteiger partial charge < -0.3 is 15.0 Å². The van der Waals surface area contributed by atoms with E-state index < -0.39 is 11.7 Å². The predicted molar refractivity (Wildman–Crippen MR) is 88.2 cm³/mol. The molecule has 0 aromatic heterocycles. The van der Waals surface area contributed by atoms with Crippen LogP contribution in [0.3, 0.4) is 0 Å². The zero-order valence-corrected chi connectivity index (χ0v) is 13.5. The first-order valence-corrected chi connectivity index (χ1v) is 7.36. The highest BCUT2D eigenvalue weighted by Gasteiger charge is 2.17. The number of nitrogens with one attached hydrogen (secondary N) is 1. The largest absolute Gasteiger partial charge is 0.497 e. The van der Waals surface area contributed by atoms with Gasteiger partial charge in [-0.15, -0.1) is 0 Å². The molecule has 0 heterocycles. The summed E-state index contributed by atoms with van der Waals surface area (Å²) in [6, 6.07) is 13.6. The summed E-state index contributed by atoms with van der Waals surface area (Å²) in [5.74, 6) is -0.152. The van der Waals surface area contributed by atoms with Crippen LogP contribution < -0.4 is 10.1 Å². The fraction of sp³-hybridized carbons (Fsp3) is 0.278. The molecule has 0 bridgehead atoms. The van der Waals surface area contributed by atoms with E-state index in [9.17, 15) is 9.18 Å².